The first-order valence-electron chi connectivity index (χ1n) is 9.15. The minimum atomic E-state index is -1.34. The van der Waals surface area contributed by atoms with Gasteiger partial charge in [-0.2, -0.15) is 0 Å². The van der Waals surface area contributed by atoms with Crippen LogP contribution in [0.5, 0.6) is 0 Å². The van der Waals surface area contributed by atoms with E-state index in [4.69, 9.17) is 9.15 Å². The topological polar surface area (TPSA) is 88.8 Å². The fourth-order valence-electron chi connectivity index (χ4n) is 4.37. The summed E-state index contributed by atoms with van der Waals surface area (Å²) in [6, 6.07) is 9.98. The number of benzene rings is 1. The van der Waals surface area contributed by atoms with Crippen LogP contribution in [0, 0.1) is 25.7 Å². The number of rotatable bonds is 3. The molecule has 0 saturated carbocycles. The van der Waals surface area contributed by atoms with E-state index < -0.39 is 35.3 Å². The molecule has 2 fully saturated rings. The molecule has 2 amide bonds. The number of methoxy groups -OCH3 is 1. The minimum Gasteiger partial charge on any atom is -0.468 e. The zero-order valence-electron chi connectivity index (χ0n) is 16.2. The molecular weight excluding hydrogens is 360 g/mol. The Balaban J connectivity index is 1.84. The lowest BCUT2D eigenvalue weighted by Crippen LogP contribution is -2.54. The van der Waals surface area contributed by atoms with Crippen LogP contribution in [0.15, 0.2) is 40.8 Å². The predicted molar refractivity (Wildman–Crippen MR) is 100 cm³/mol. The third kappa shape index (κ3) is 2.43. The highest BCUT2D eigenvalue weighted by atomic mass is 16.5. The maximum absolute atomic E-state index is 13.3. The van der Waals surface area contributed by atoms with E-state index in [9.17, 15) is 14.4 Å². The highest BCUT2D eigenvalue weighted by molar-refractivity contribution is 6.24. The molecule has 2 aromatic rings. The van der Waals surface area contributed by atoms with E-state index in [1.807, 2.05) is 26.0 Å². The highest BCUT2D eigenvalue weighted by Crippen LogP contribution is 2.50. The number of nitrogens with zero attached hydrogens (tertiary/aromatic N) is 1. The number of carbonyl (C=O) groups excluding carboxylic acids is 3. The molecule has 1 aromatic carbocycles. The third-order valence-electron chi connectivity index (χ3n) is 5.90. The van der Waals surface area contributed by atoms with E-state index in [2.05, 4.69) is 5.32 Å². The summed E-state index contributed by atoms with van der Waals surface area (Å²) in [7, 11) is 1.27. The minimum absolute atomic E-state index is 0.349. The van der Waals surface area contributed by atoms with Gasteiger partial charge in [-0.1, -0.05) is 18.2 Å². The van der Waals surface area contributed by atoms with Crippen LogP contribution in [0.25, 0.3) is 0 Å². The standard InChI is InChI=1S/C21H22N2O5/c1-11-10-14(28-12(11)2)17-15-16(21(3,22-17)20(26)27-4)19(25)23(18(15)24)13-8-6-5-7-9-13/h5-10,15-17,22H,1-4H3/t15-,16-,17-,21-/m0/s1. The number of imide groups is 1. The van der Waals surface area contributed by atoms with Crippen LogP contribution in [0.3, 0.4) is 0 Å². The van der Waals surface area contributed by atoms with Gasteiger partial charge in [-0.25, -0.2) is 4.90 Å². The van der Waals surface area contributed by atoms with Gasteiger partial charge in [-0.15, -0.1) is 0 Å². The van der Waals surface area contributed by atoms with Gasteiger partial charge in [0.05, 0.1) is 30.7 Å². The molecule has 2 aliphatic heterocycles. The first-order chi connectivity index (χ1) is 13.3. The van der Waals surface area contributed by atoms with Crippen LogP contribution in [0.1, 0.15) is 30.0 Å². The summed E-state index contributed by atoms with van der Waals surface area (Å²) in [6.07, 6.45) is 0. The molecule has 1 aromatic heterocycles. The number of para-hydroxylation sites is 1. The van der Waals surface area contributed by atoms with Gasteiger partial charge in [-0.05, 0) is 44.5 Å². The third-order valence-corrected chi connectivity index (χ3v) is 5.90. The number of nitrogens with one attached hydrogen (secondary N) is 1. The van der Waals surface area contributed by atoms with Gasteiger partial charge < -0.3 is 9.15 Å². The molecule has 146 valence electrons. The van der Waals surface area contributed by atoms with E-state index in [0.29, 0.717) is 11.4 Å². The molecular formula is C21H22N2O5. The van der Waals surface area contributed by atoms with Gasteiger partial charge in [0.15, 0.2) is 0 Å². The molecule has 4 atom stereocenters. The number of aryl methyl sites for hydroxylation is 2. The maximum atomic E-state index is 13.3. The van der Waals surface area contributed by atoms with Crippen molar-refractivity contribution < 1.29 is 23.5 Å². The number of carbonyl (C=O) groups is 3. The quantitative estimate of drug-likeness (QED) is 0.647. The van der Waals surface area contributed by atoms with E-state index in [1.54, 1.807) is 31.2 Å². The van der Waals surface area contributed by atoms with E-state index in [-0.39, 0.29) is 5.91 Å². The van der Waals surface area contributed by atoms with Gasteiger partial charge >= 0.3 is 5.97 Å². The summed E-state index contributed by atoms with van der Waals surface area (Å²) in [5.74, 6) is -1.72. The summed E-state index contributed by atoms with van der Waals surface area (Å²) in [5.41, 5.74) is 0.0935. The number of esters is 1. The normalized spacial score (nSPS) is 29.3. The largest absolute Gasteiger partial charge is 0.468 e. The summed E-state index contributed by atoms with van der Waals surface area (Å²) >= 11 is 0. The Hall–Kier alpha value is -2.93. The summed E-state index contributed by atoms with van der Waals surface area (Å²) < 4.78 is 10.8. The average Bonchev–Trinajstić information content (AvgIpc) is 3.28. The second-order valence-electron chi connectivity index (χ2n) is 7.55. The van der Waals surface area contributed by atoms with Crippen molar-refractivity contribution in [2.24, 2.45) is 11.8 Å². The molecule has 28 heavy (non-hydrogen) atoms. The van der Waals surface area contributed by atoms with Crippen molar-refractivity contribution >= 4 is 23.5 Å². The molecule has 1 N–H and O–H groups in total. The SMILES string of the molecule is COC(=O)[C@@]1(C)N[C@@H](c2cc(C)c(C)o2)[C@H]2C(=O)N(c3ccccc3)C(=O)[C@H]21. The van der Waals surface area contributed by atoms with E-state index in [0.717, 1.165) is 11.3 Å². The van der Waals surface area contributed by atoms with Crippen LogP contribution in [0.4, 0.5) is 5.69 Å². The van der Waals surface area contributed by atoms with Crippen LogP contribution in [0.2, 0.25) is 0 Å². The van der Waals surface area contributed by atoms with Crippen molar-refractivity contribution in [2.75, 3.05) is 12.0 Å². The van der Waals surface area contributed by atoms with Crippen LogP contribution in [-0.2, 0) is 19.1 Å². The first-order valence-corrected chi connectivity index (χ1v) is 9.15. The van der Waals surface area contributed by atoms with Crippen molar-refractivity contribution in [3.63, 3.8) is 0 Å². The molecule has 2 saturated heterocycles. The van der Waals surface area contributed by atoms with Crippen LogP contribution >= 0.6 is 0 Å². The Morgan fingerprint density at radius 2 is 1.86 bits per heavy atom. The average molecular weight is 382 g/mol. The number of furan rings is 1. The van der Waals surface area contributed by atoms with E-state index >= 15 is 0 Å². The number of amides is 2. The van der Waals surface area contributed by atoms with Crippen molar-refractivity contribution in [3.05, 3.63) is 53.5 Å². The Bertz CT molecular complexity index is 947. The molecule has 2 aliphatic rings. The molecule has 0 unspecified atom stereocenters. The molecule has 4 rings (SSSR count). The number of anilines is 1. The molecule has 7 heteroatoms. The number of fused-ring (bicyclic) bond motifs is 1. The summed E-state index contributed by atoms with van der Waals surface area (Å²) in [4.78, 5) is 40.5. The lowest BCUT2D eigenvalue weighted by atomic mass is 9.81. The molecule has 3 heterocycles. The van der Waals surface area contributed by atoms with Gasteiger partial charge in [0.25, 0.3) is 0 Å². The van der Waals surface area contributed by atoms with Gasteiger partial charge in [0.1, 0.15) is 17.1 Å². The Morgan fingerprint density at radius 1 is 1.18 bits per heavy atom. The van der Waals surface area contributed by atoms with Crippen molar-refractivity contribution in [1.82, 2.24) is 5.32 Å². The summed E-state index contributed by atoms with van der Waals surface area (Å²) in [5, 5.41) is 3.17. The fourth-order valence-corrected chi connectivity index (χ4v) is 4.37. The smallest absolute Gasteiger partial charge is 0.326 e. The fraction of sp³-hybridized carbons (Fsp3) is 0.381. The molecule has 0 spiro atoms. The van der Waals surface area contributed by atoms with Crippen LogP contribution in [-0.4, -0.2) is 30.4 Å². The molecule has 0 aliphatic carbocycles. The molecule has 0 bridgehead atoms. The Labute approximate surface area is 162 Å². The molecule has 7 nitrogen and oxygen atoms in total. The lowest BCUT2D eigenvalue weighted by molar-refractivity contribution is -0.151. The highest BCUT2D eigenvalue weighted by Gasteiger charge is 2.67. The number of hydrogen-bond donors (Lipinski definition) is 1. The van der Waals surface area contributed by atoms with Gasteiger partial charge in [-0.3, -0.25) is 19.7 Å². The van der Waals surface area contributed by atoms with Gasteiger partial charge in [0, 0.05) is 0 Å². The van der Waals surface area contributed by atoms with Gasteiger partial charge in [0.2, 0.25) is 11.8 Å². The first kappa shape index (κ1) is 18.4. The Kier molecular flexibility index (Phi) is 4.15. The number of hydrogen-bond acceptors (Lipinski definition) is 6. The zero-order chi connectivity index (χ0) is 20.2. The van der Waals surface area contributed by atoms with Crippen molar-refractivity contribution in [3.8, 4) is 0 Å². The van der Waals surface area contributed by atoms with E-state index in [1.165, 1.54) is 12.0 Å². The second kappa shape index (κ2) is 6.31. The van der Waals surface area contributed by atoms with Crippen molar-refractivity contribution in [2.45, 2.75) is 32.4 Å². The lowest BCUT2D eigenvalue weighted by Gasteiger charge is -2.28. The maximum Gasteiger partial charge on any atom is 0.326 e. The second-order valence-corrected chi connectivity index (χ2v) is 7.55. The Morgan fingerprint density at radius 3 is 2.43 bits per heavy atom. The molecule has 0 radical (unpaired) electrons. The predicted octanol–water partition coefficient (Wildman–Crippen LogP) is 2.28. The number of ether oxygens (including phenoxy) is 1. The zero-order valence-corrected chi connectivity index (χ0v) is 16.2. The monoisotopic (exact) mass is 382 g/mol. The summed E-state index contributed by atoms with van der Waals surface area (Å²) in [6.45, 7) is 5.35. The van der Waals surface area contributed by atoms with Crippen LogP contribution < -0.4 is 10.2 Å². The van der Waals surface area contributed by atoms with Crippen molar-refractivity contribution in [1.29, 1.82) is 0 Å².